The van der Waals surface area contributed by atoms with Crippen molar-refractivity contribution in [3.63, 3.8) is 0 Å². The molecule has 156 valence electrons. The summed E-state index contributed by atoms with van der Waals surface area (Å²) in [5.74, 6) is 0.943. The molecule has 0 amide bonds. The highest BCUT2D eigenvalue weighted by molar-refractivity contribution is 6.03. The largest absolute Gasteiger partial charge is 0.494 e. The predicted molar refractivity (Wildman–Crippen MR) is 127 cm³/mol. The first-order valence-corrected chi connectivity index (χ1v) is 11.2. The lowest BCUT2D eigenvalue weighted by atomic mass is 10.0. The van der Waals surface area contributed by atoms with Crippen LogP contribution >= 0.6 is 0 Å². The third-order valence-corrected chi connectivity index (χ3v) is 6.30. The molecule has 31 heavy (non-hydrogen) atoms. The molecular formula is C28H29N2O+. The normalized spacial score (nSPS) is 13.5. The average Bonchev–Trinajstić information content (AvgIpc) is 3.11. The first kappa shape index (κ1) is 19.6. The number of hydrogen-bond donors (Lipinski definition) is 0. The van der Waals surface area contributed by atoms with Gasteiger partial charge in [0.1, 0.15) is 18.0 Å². The van der Waals surface area contributed by atoms with Crippen molar-refractivity contribution in [3.8, 4) is 5.75 Å². The zero-order valence-electron chi connectivity index (χ0n) is 18.3. The number of hydrogen-bond acceptors (Lipinski definition) is 1. The van der Waals surface area contributed by atoms with Crippen molar-refractivity contribution in [3.05, 3.63) is 101 Å². The first-order chi connectivity index (χ1) is 15.2. The van der Waals surface area contributed by atoms with Crippen LogP contribution in [0.3, 0.4) is 0 Å². The van der Waals surface area contributed by atoms with Crippen LogP contribution in [-0.4, -0.2) is 28.0 Å². The molecule has 0 spiro atoms. The summed E-state index contributed by atoms with van der Waals surface area (Å²) in [6.07, 6.45) is 1.06. The monoisotopic (exact) mass is 409 g/mol. The molecule has 1 aromatic heterocycles. The molecule has 0 bridgehead atoms. The second kappa shape index (κ2) is 8.43. The molecule has 0 aliphatic carbocycles. The lowest BCUT2D eigenvalue weighted by molar-refractivity contribution is -0.545. The van der Waals surface area contributed by atoms with Crippen LogP contribution in [0.25, 0.3) is 10.9 Å². The Morgan fingerprint density at radius 1 is 0.903 bits per heavy atom. The van der Waals surface area contributed by atoms with Gasteiger partial charge < -0.3 is 9.30 Å². The molecule has 4 aromatic rings. The van der Waals surface area contributed by atoms with Crippen LogP contribution in [0.1, 0.15) is 36.2 Å². The summed E-state index contributed by atoms with van der Waals surface area (Å²) in [7, 11) is 0. The second-order valence-electron chi connectivity index (χ2n) is 8.25. The number of aromatic nitrogens is 1. The molecule has 0 unspecified atom stereocenters. The van der Waals surface area contributed by atoms with Crippen LogP contribution < -0.4 is 4.74 Å². The lowest BCUT2D eigenvalue weighted by Crippen LogP contribution is -2.29. The SMILES string of the molecule is CCOc1ccc2c3c(n(Cc4ccccc4)c2c1)C(C)=[N+](Cc1ccccc1)CC3. The van der Waals surface area contributed by atoms with Crippen molar-refractivity contribution in [2.45, 2.75) is 33.4 Å². The van der Waals surface area contributed by atoms with E-state index in [9.17, 15) is 0 Å². The highest BCUT2D eigenvalue weighted by atomic mass is 16.5. The summed E-state index contributed by atoms with van der Waals surface area (Å²) < 4.78 is 10.9. The van der Waals surface area contributed by atoms with E-state index in [1.54, 1.807) is 0 Å². The number of fused-ring (bicyclic) bond motifs is 3. The summed E-state index contributed by atoms with van der Waals surface area (Å²) in [5.41, 5.74) is 8.13. The Morgan fingerprint density at radius 3 is 2.32 bits per heavy atom. The Bertz CT molecular complexity index is 1240. The van der Waals surface area contributed by atoms with Gasteiger partial charge in [0, 0.05) is 36.9 Å². The van der Waals surface area contributed by atoms with E-state index in [1.807, 2.05) is 6.92 Å². The van der Waals surface area contributed by atoms with Gasteiger partial charge in [-0.05, 0) is 30.2 Å². The molecular weight excluding hydrogens is 380 g/mol. The van der Waals surface area contributed by atoms with Gasteiger partial charge in [-0.25, -0.2) is 4.58 Å². The van der Waals surface area contributed by atoms with Crippen molar-refractivity contribution in [2.75, 3.05) is 13.2 Å². The zero-order valence-corrected chi connectivity index (χ0v) is 18.3. The van der Waals surface area contributed by atoms with Crippen LogP contribution in [0, 0.1) is 0 Å². The molecule has 2 heterocycles. The lowest BCUT2D eigenvalue weighted by Gasteiger charge is -2.17. The fourth-order valence-electron chi connectivity index (χ4n) is 4.82. The molecule has 3 aromatic carbocycles. The maximum atomic E-state index is 5.85. The topological polar surface area (TPSA) is 17.2 Å². The van der Waals surface area contributed by atoms with Crippen molar-refractivity contribution < 1.29 is 9.31 Å². The predicted octanol–water partition coefficient (Wildman–Crippen LogP) is 5.67. The molecule has 0 N–H and O–H groups in total. The highest BCUT2D eigenvalue weighted by Crippen LogP contribution is 2.33. The summed E-state index contributed by atoms with van der Waals surface area (Å²) in [5, 5.41) is 1.35. The molecule has 0 fully saturated rings. The standard InChI is InChI=1S/C28H29N2O/c1-3-31-24-14-15-25-26-16-17-29(19-22-10-6-4-7-11-22)21(2)28(26)30(27(25)18-24)20-23-12-8-5-9-13-23/h4-15,18H,3,16-17,19-20H2,1-2H3/q+1. The van der Waals surface area contributed by atoms with E-state index in [1.165, 1.54) is 39.0 Å². The summed E-state index contributed by atoms with van der Waals surface area (Å²) in [4.78, 5) is 0. The van der Waals surface area contributed by atoms with E-state index in [0.717, 1.165) is 31.8 Å². The van der Waals surface area contributed by atoms with E-state index >= 15 is 0 Å². The van der Waals surface area contributed by atoms with Crippen LogP contribution in [0.2, 0.25) is 0 Å². The van der Waals surface area contributed by atoms with Gasteiger partial charge in [0.2, 0.25) is 0 Å². The third-order valence-electron chi connectivity index (χ3n) is 6.30. The molecule has 3 heteroatoms. The second-order valence-corrected chi connectivity index (χ2v) is 8.25. The number of nitrogens with zero attached hydrogens (tertiary/aromatic N) is 2. The summed E-state index contributed by atoms with van der Waals surface area (Å²) >= 11 is 0. The molecule has 0 saturated carbocycles. The molecule has 3 nitrogen and oxygen atoms in total. The molecule has 0 radical (unpaired) electrons. The quantitative estimate of drug-likeness (QED) is 0.375. The van der Waals surface area contributed by atoms with E-state index < -0.39 is 0 Å². The van der Waals surface area contributed by atoms with E-state index in [2.05, 4.69) is 94.9 Å². The van der Waals surface area contributed by atoms with Crippen molar-refractivity contribution in [1.29, 1.82) is 0 Å². The first-order valence-electron chi connectivity index (χ1n) is 11.2. The molecule has 0 saturated heterocycles. The van der Waals surface area contributed by atoms with Crippen LogP contribution in [0.4, 0.5) is 0 Å². The maximum Gasteiger partial charge on any atom is 0.197 e. The van der Waals surface area contributed by atoms with E-state index in [0.29, 0.717) is 6.61 Å². The van der Waals surface area contributed by atoms with Gasteiger partial charge >= 0.3 is 0 Å². The van der Waals surface area contributed by atoms with E-state index in [4.69, 9.17) is 4.74 Å². The van der Waals surface area contributed by atoms with Gasteiger partial charge in [-0.3, -0.25) is 0 Å². The minimum Gasteiger partial charge on any atom is -0.494 e. The summed E-state index contributed by atoms with van der Waals surface area (Å²) in [6.45, 7) is 7.86. The molecule has 1 aliphatic rings. The molecule has 0 atom stereocenters. The van der Waals surface area contributed by atoms with Gasteiger partial charge in [-0.1, -0.05) is 60.7 Å². The van der Waals surface area contributed by atoms with Gasteiger partial charge in [0.05, 0.1) is 12.1 Å². The van der Waals surface area contributed by atoms with Crippen molar-refractivity contribution in [2.24, 2.45) is 0 Å². The van der Waals surface area contributed by atoms with Crippen molar-refractivity contribution in [1.82, 2.24) is 4.57 Å². The summed E-state index contributed by atoms with van der Waals surface area (Å²) in [6, 6.07) is 28.1. The Labute approximate surface area is 184 Å². The Kier molecular flexibility index (Phi) is 5.33. The van der Waals surface area contributed by atoms with Crippen molar-refractivity contribution >= 4 is 16.6 Å². The van der Waals surface area contributed by atoms with Gasteiger partial charge in [-0.15, -0.1) is 0 Å². The fourth-order valence-corrected chi connectivity index (χ4v) is 4.82. The van der Waals surface area contributed by atoms with Gasteiger partial charge in [0.25, 0.3) is 0 Å². The number of ether oxygens (including phenoxy) is 1. The minimum absolute atomic E-state index is 0.681. The molecule has 1 aliphatic heterocycles. The fraction of sp³-hybridized carbons (Fsp3) is 0.250. The van der Waals surface area contributed by atoms with Crippen LogP contribution in [0.5, 0.6) is 5.75 Å². The van der Waals surface area contributed by atoms with E-state index in [-0.39, 0.29) is 0 Å². The third kappa shape index (κ3) is 3.76. The smallest absolute Gasteiger partial charge is 0.197 e. The van der Waals surface area contributed by atoms with Crippen LogP contribution in [0.15, 0.2) is 78.9 Å². The van der Waals surface area contributed by atoms with Gasteiger partial charge in [-0.2, -0.15) is 0 Å². The Hall–Kier alpha value is -3.33. The Balaban J connectivity index is 1.66. The minimum atomic E-state index is 0.681. The van der Waals surface area contributed by atoms with Crippen LogP contribution in [-0.2, 0) is 19.5 Å². The highest BCUT2D eigenvalue weighted by Gasteiger charge is 2.29. The average molecular weight is 410 g/mol. The number of rotatable bonds is 6. The molecule has 5 rings (SSSR count). The van der Waals surface area contributed by atoms with Gasteiger partial charge in [0.15, 0.2) is 12.3 Å². The maximum absolute atomic E-state index is 5.85. The number of benzene rings is 3. The zero-order chi connectivity index (χ0) is 21.2. The Morgan fingerprint density at radius 2 is 1.61 bits per heavy atom.